The number of nitrogens with zero attached hydrogens (tertiary/aromatic N) is 3. The number of nitrogens with one attached hydrogen (secondary N) is 1. The van der Waals surface area contributed by atoms with Crippen LogP contribution in [0.15, 0.2) is 59.6 Å². The number of methoxy groups -OCH3 is 1. The number of halogens is 1. The van der Waals surface area contributed by atoms with E-state index in [-0.39, 0.29) is 24.1 Å². The zero-order valence-electron chi connectivity index (χ0n) is 14.7. The SMILES string of the molecule is COc1ccccc1COc1ncc(F)c(NSc2ccccc2[N+](=O)[O-])n1. The molecular weight excluding hydrogens is 387 g/mol. The van der Waals surface area contributed by atoms with Crippen LogP contribution < -0.4 is 14.2 Å². The van der Waals surface area contributed by atoms with E-state index in [0.29, 0.717) is 10.6 Å². The number of nitro groups is 1. The van der Waals surface area contributed by atoms with E-state index >= 15 is 0 Å². The number of hydrogen-bond acceptors (Lipinski definition) is 8. The van der Waals surface area contributed by atoms with E-state index in [1.165, 1.54) is 6.07 Å². The van der Waals surface area contributed by atoms with E-state index in [2.05, 4.69) is 14.7 Å². The Hall–Kier alpha value is -3.40. The molecule has 0 spiro atoms. The highest BCUT2D eigenvalue weighted by molar-refractivity contribution is 8.00. The maximum atomic E-state index is 14.0. The van der Waals surface area contributed by atoms with Gasteiger partial charge in [-0.1, -0.05) is 30.3 Å². The van der Waals surface area contributed by atoms with E-state index in [1.54, 1.807) is 31.4 Å². The standard InChI is InChI=1S/C18H15FN4O4S/c1-26-15-8-4-2-6-12(15)11-27-18-20-10-13(19)17(21-18)22-28-16-9-5-3-7-14(16)23(24)25/h2-10H,11H2,1H3,(H,20,21,22). The molecule has 1 N–H and O–H groups in total. The maximum Gasteiger partial charge on any atom is 0.318 e. The minimum atomic E-state index is -0.712. The molecule has 0 bridgehead atoms. The zero-order chi connectivity index (χ0) is 19.9. The van der Waals surface area contributed by atoms with Gasteiger partial charge in [0.25, 0.3) is 5.69 Å². The van der Waals surface area contributed by atoms with Crippen LogP contribution in [0.2, 0.25) is 0 Å². The van der Waals surface area contributed by atoms with Gasteiger partial charge in [-0.3, -0.25) is 10.1 Å². The molecule has 3 aromatic rings. The summed E-state index contributed by atoms with van der Waals surface area (Å²) in [5, 5.41) is 11.1. The fourth-order valence-electron chi connectivity index (χ4n) is 2.25. The highest BCUT2D eigenvalue weighted by atomic mass is 32.2. The summed E-state index contributed by atoms with van der Waals surface area (Å²) >= 11 is 0.874. The summed E-state index contributed by atoms with van der Waals surface area (Å²) in [6.45, 7) is 0.131. The van der Waals surface area contributed by atoms with Crippen molar-refractivity contribution in [1.29, 1.82) is 0 Å². The molecule has 0 aliphatic rings. The van der Waals surface area contributed by atoms with Crippen molar-refractivity contribution in [1.82, 2.24) is 9.97 Å². The second-order valence-corrected chi connectivity index (χ2v) is 6.23. The van der Waals surface area contributed by atoms with Crippen LogP contribution in [0.25, 0.3) is 0 Å². The molecule has 0 fully saturated rings. The predicted octanol–water partition coefficient (Wildman–Crippen LogP) is 4.23. The summed E-state index contributed by atoms with van der Waals surface area (Å²) in [4.78, 5) is 18.7. The Morgan fingerprint density at radius 1 is 1.21 bits per heavy atom. The van der Waals surface area contributed by atoms with E-state index in [9.17, 15) is 14.5 Å². The molecule has 0 saturated carbocycles. The van der Waals surface area contributed by atoms with Gasteiger partial charge in [0.1, 0.15) is 17.3 Å². The van der Waals surface area contributed by atoms with Crippen LogP contribution in [-0.4, -0.2) is 22.0 Å². The lowest BCUT2D eigenvalue weighted by atomic mass is 10.2. The summed E-state index contributed by atoms with van der Waals surface area (Å²) in [5.41, 5.74) is 0.684. The molecule has 0 amide bonds. The van der Waals surface area contributed by atoms with Crippen molar-refractivity contribution in [3.8, 4) is 11.8 Å². The summed E-state index contributed by atoms with van der Waals surface area (Å²) in [6, 6.07) is 13.4. The average molecular weight is 402 g/mol. The first kappa shape index (κ1) is 19.4. The first-order chi connectivity index (χ1) is 13.6. The molecule has 144 valence electrons. The molecule has 1 aromatic heterocycles. The number of nitro benzene ring substituents is 1. The molecule has 0 unspecified atom stereocenters. The third-order valence-corrected chi connectivity index (χ3v) is 4.45. The lowest BCUT2D eigenvalue weighted by molar-refractivity contribution is -0.387. The normalized spacial score (nSPS) is 10.4. The molecule has 3 rings (SSSR count). The molecule has 1 heterocycles. The number of benzene rings is 2. The van der Waals surface area contributed by atoms with Gasteiger partial charge in [-0.25, -0.2) is 9.37 Å². The van der Waals surface area contributed by atoms with Crippen molar-refractivity contribution in [2.24, 2.45) is 0 Å². The van der Waals surface area contributed by atoms with Gasteiger partial charge in [-0.2, -0.15) is 4.98 Å². The minimum Gasteiger partial charge on any atom is -0.496 e. The highest BCUT2D eigenvalue weighted by Crippen LogP contribution is 2.30. The van der Waals surface area contributed by atoms with Crippen LogP contribution in [-0.2, 0) is 6.61 Å². The van der Waals surface area contributed by atoms with Crippen LogP contribution >= 0.6 is 11.9 Å². The van der Waals surface area contributed by atoms with Crippen LogP contribution in [0.3, 0.4) is 0 Å². The fraction of sp³-hybridized carbons (Fsp3) is 0.111. The Morgan fingerprint density at radius 2 is 1.96 bits per heavy atom. The van der Waals surface area contributed by atoms with Crippen LogP contribution in [0.5, 0.6) is 11.8 Å². The van der Waals surface area contributed by atoms with Gasteiger partial charge in [-0.05, 0) is 24.1 Å². The molecular formula is C18H15FN4O4S. The molecule has 2 aromatic carbocycles. The average Bonchev–Trinajstić information content (AvgIpc) is 2.72. The fourth-order valence-corrected chi connectivity index (χ4v) is 3.00. The van der Waals surface area contributed by atoms with Gasteiger partial charge >= 0.3 is 6.01 Å². The topological polar surface area (TPSA) is 99.4 Å². The lowest BCUT2D eigenvalue weighted by Gasteiger charge is -2.10. The van der Waals surface area contributed by atoms with Crippen LogP contribution in [0.4, 0.5) is 15.9 Å². The Bertz CT molecular complexity index is 989. The van der Waals surface area contributed by atoms with Gasteiger partial charge in [0.05, 0.1) is 18.2 Å². The molecule has 28 heavy (non-hydrogen) atoms. The second kappa shape index (κ2) is 9.00. The number of para-hydroxylation sites is 2. The van der Waals surface area contributed by atoms with Crippen molar-refractivity contribution in [3.05, 3.63) is 76.2 Å². The summed E-state index contributed by atoms with van der Waals surface area (Å²) in [7, 11) is 1.55. The van der Waals surface area contributed by atoms with Crippen LogP contribution in [0.1, 0.15) is 5.56 Å². The van der Waals surface area contributed by atoms with Gasteiger partial charge < -0.3 is 14.2 Å². The van der Waals surface area contributed by atoms with E-state index in [0.717, 1.165) is 23.7 Å². The quantitative estimate of drug-likeness (QED) is 0.339. The molecule has 0 saturated heterocycles. The number of anilines is 1. The second-order valence-electron chi connectivity index (χ2n) is 5.38. The Kier molecular flexibility index (Phi) is 6.22. The Balaban J connectivity index is 1.71. The predicted molar refractivity (Wildman–Crippen MR) is 102 cm³/mol. The largest absolute Gasteiger partial charge is 0.496 e. The van der Waals surface area contributed by atoms with E-state index < -0.39 is 10.7 Å². The van der Waals surface area contributed by atoms with Gasteiger partial charge in [-0.15, -0.1) is 0 Å². The van der Waals surface area contributed by atoms with E-state index in [4.69, 9.17) is 9.47 Å². The number of hydrogen-bond donors (Lipinski definition) is 1. The lowest BCUT2D eigenvalue weighted by Crippen LogP contribution is -2.04. The van der Waals surface area contributed by atoms with Gasteiger partial charge in [0.2, 0.25) is 0 Å². The van der Waals surface area contributed by atoms with Crippen molar-refractivity contribution in [2.75, 3.05) is 11.8 Å². The van der Waals surface area contributed by atoms with Crippen molar-refractivity contribution in [3.63, 3.8) is 0 Å². The number of ether oxygens (including phenoxy) is 2. The molecule has 0 aliphatic heterocycles. The smallest absolute Gasteiger partial charge is 0.318 e. The molecule has 8 nitrogen and oxygen atoms in total. The van der Waals surface area contributed by atoms with Crippen LogP contribution in [0, 0.1) is 15.9 Å². The first-order valence-corrected chi connectivity index (χ1v) is 8.83. The molecule has 10 heteroatoms. The summed E-state index contributed by atoms with van der Waals surface area (Å²) < 4.78 is 27.4. The van der Waals surface area contributed by atoms with Gasteiger partial charge in [0.15, 0.2) is 11.6 Å². The molecule has 0 atom stereocenters. The maximum absolute atomic E-state index is 14.0. The summed E-state index contributed by atoms with van der Waals surface area (Å²) in [6.07, 6.45) is 0.965. The molecule has 0 radical (unpaired) electrons. The summed E-state index contributed by atoms with van der Waals surface area (Å²) in [5.74, 6) is -0.209. The zero-order valence-corrected chi connectivity index (χ0v) is 15.5. The van der Waals surface area contributed by atoms with Crippen molar-refractivity contribution < 1.29 is 18.8 Å². The number of rotatable bonds is 8. The van der Waals surface area contributed by atoms with Crippen molar-refractivity contribution >= 4 is 23.5 Å². The Labute approximate surface area is 164 Å². The minimum absolute atomic E-state index is 0.0435. The van der Waals surface area contributed by atoms with Gasteiger partial charge in [0, 0.05) is 11.6 Å². The monoisotopic (exact) mass is 402 g/mol. The van der Waals surface area contributed by atoms with Crippen molar-refractivity contribution in [2.45, 2.75) is 11.5 Å². The third kappa shape index (κ3) is 4.65. The highest BCUT2D eigenvalue weighted by Gasteiger charge is 2.15. The first-order valence-electron chi connectivity index (χ1n) is 8.02. The van der Waals surface area contributed by atoms with E-state index in [1.807, 2.05) is 18.2 Å². The number of aromatic nitrogens is 2. The third-order valence-electron chi connectivity index (χ3n) is 3.59. The Morgan fingerprint density at radius 3 is 2.75 bits per heavy atom. The molecule has 0 aliphatic carbocycles.